The maximum Gasteiger partial charge on any atom is 0.191 e. The van der Waals surface area contributed by atoms with Crippen molar-refractivity contribution >= 4 is 28.7 Å². The van der Waals surface area contributed by atoms with Crippen molar-refractivity contribution in [2.24, 2.45) is 0 Å². The molecule has 1 aromatic carbocycles. The van der Waals surface area contributed by atoms with E-state index in [4.69, 9.17) is 26.7 Å². The number of nitrogens with zero attached hydrogens (tertiary/aromatic N) is 5. The van der Waals surface area contributed by atoms with Crippen LogP contribution in [0.5, 0.6) is 0 Å². The van der Waals surface area contributed by atoms with Crippen LogP contribution in [0.15, 0.2) is 23.3 Å². The third-order valence-electron chi connectivity index (χ3n) is 4.96. The third kappa shape index (κ3) is 4.92. The molecule has 0 aliphatic heterocycles. The minimum Gasteiger partial charge on any atom is -0.394 e. The van der Waals surface area contributed by atoms with Crippen molar-refractivity contribution in [1.29, 1.82) is 0 Å². The van der Waals surface area contributed by atoms with Gasteiger partial charge >= 0.3 is 0 Å². The SMILES string of the molecule is [2H]c1c([2H])c([C@@]2([2H])[C@H](Nc3nc(SC([2H])([2H])C([2H])([2H])C)nc4c3nnn4[C@]3([2H])C([2H])([2H])[C@]([2H])(OCCO)[C@@]([2H])(O)[C@@]3([2H])O)C2([2H])[2H])c([2H])c(F)c1C. The topological polar surface area (TPSA) is 138 Å². The Balaban J connectivity index is 1.76. The number of aliphatic hydroxyl groups excluding tert-OH is 1. The lowest BCUT2D eigenvalue weighted by molar-refractivity contribution is -0.0629. The highest BCUT2D eigenvalue weighted by molar-refractivity contribution is 7.99. The Bertz CT molecular complexity index is 1940. The molecule has 12 heteroatoms. The molecule has 2 aliphatic rings. The van der Waals surface area contributed by atoms with Crippen LogP contribution < -0.4 is 5.32 Å². The summed E-state index contributed by atoms with van der Waals surface area (Å²) in [7, 11) is 0. The van der Waals surface area contributed by atoms with Crippen molar-refractivity contribution in [2.75, 3.05) is 24.2 Å². The standard InChI is InChI=1S/C24H31FN6O4S/c1-3-8-36-24-27-22(26-16-10-14(16)13-5-4-12(2)15(25)9-13)19-23(28-24)31(30-29-19)17-11-18(35-7-6-32)21(34)20(17)33/h4-5,9,14,16-18,20-21,32-34H,3,6-8,10-11H2,1-2H3,(H,26,27,28)/t14-,16+,17+,18-,20-,21+/m0/s1/i3D2,4D,5D,8D2,9D,10D2,11D2,14D,17D,18D,20D,21D. The number of rotatable bonds is 10. The average molecular weight is 535 g/mol. The Morgan fingerprint density at radius 2 is 2.19 bits per heavy atom. The summed E-state index contributed by atoms with van der Waals surface area (Å²) in [4.78, 5) is 8.05. The largest absolute Gasteiger partial charge is 0.394 e. The summed E-state index contributed by atoms with van der Waals surface area (Å²) in [5.74, 6) is -4.63. The Kier molecular flexibility index (Phi) is 3.64. The molecule has 2 aromatic heterocycles. The molecule has 194 valence electrons. The van der Waals surface area contributed by atoms with E-state index in [1.807, 2.05) is 0 Å². The van der Waals surface area contributed by atoms with Crippen molar-refractivity contribution in [1.82, 2.24) is 25.0 Å². The number of anilines is 1. The zero-order valence-electron chi connectivity index (χ0n) is 34.8. The van der Waals surface area contributed by atoms with E-state index in [9.17, 15) is 19.7 Å². The maximum absolute atomic E-state index is 14.9. The first-order chi connectivity index (χ1) is 23.4. The minimum atomic E-state index is -4.09. The molecule has 0 bridgehead atoms. The van der Waals surface area contributed by atoms with Crippen LogP contribution in [0.3, 0.4) is 0 Å². The zero-order valence-corrected chi connectivity index (χ0v) is 19.6. The van der Waals surface area contributed by atoms with Gasteiger partial charge in [-0.05, 0) is 36.8 Å². The minimum absolute atomic E-state index is 0.0119. The molecule has 3 aromatic rings. The Morgan fingerprint density at radius 1 is 1.36 bits per heavy atom. The van der Waals surface area contributed by atoms with Crippen LogP contribution in [0.1, 0.15) is 71.0 Å². The summed E-state index contributed by atoms with van der Waals surface area (Å²) < 4.78 is 155. The van der Waals surface area contributed by atoms with Crippen LogP contribution in [0.2, 0.25) is 0 Å². The number of nitrogens with one attached hydrogen (secondary N) is 1. The van der Waals surface area contributed by atoms with E-state index in [2.05, 4.69) is 25.6 Å². The molecule has 10 nitrogen and oxygen atoms in total. The molecule has 0 saturated heterocycles. The maximum atomic E-state index is 14.9. The number of aromatic nitrogens is 5. The second-order valence-electron chi connectivity index (χ2n) is 7.38. The molecule has 5 rings (SSSR count). The fraction of sp³-hybridized carbons (Fsp3) is 0.583. The highest BCUT2D eigenvalue weighted by Gasteiger charge is 2.45. The van der Waals surface area contributed by atoms with Crippen molar-refractivity contribution in [3.05, 3.63) is 35.1 Å². The van der Waals surface area contributed by atoms with Crippen molar-refractivity contribution in [3.63, 3.8) is 0 Å². The van der Waals surface area contributed by atoms with Crippen molar-refractivity contribution in [2.45, 2.75) is 74.3 Å². The van der Waals surface area contributed by atoms with Gasteiger partial charge in [-0.3, -0.25) is 0 Å². The lowest BCUT2D eigenvalue weighted by Crippen LogP contribution is -2.33. The van der Waals surface area contributed by atoms with Crippen molar-refractivity contribution in [3.8, 4) is 0 Å². The van der Waals surface area contributed by atoms with E-state index in [0.717, 1.165) is 13.8 Å². The van der Waals surface area contributed by atoms with Gasteiger partial charge in [-0.25, -0.2) is 19.0 Å². The molecule has 2 aliphatic carbocycles. The molecule has 0 spiro atoms. The summed E-state index contributed by atoms with van der Waals surface area (Å²) in [6, 6.07) is -8.23. The van der Waals surface area contributed by atoms with Crippen LogP contribution in [-0.4, -0.2) is 83.5 Å². The van der Waals surface area contributed by atoms with E-state index < -0.39 is 131 Å². The number of benzene rings is 1. The molecule has 2 heterocycles. The highest BCUT2D eigenvalue weighted by atomic mass is 32.2. The number of ether oxygens (including phenoxy) is 1. The summed E-state index contributed by atoms with van der Waals surface area (Å²) in [5, 5.41) is 40.5. The fourth-order valence-electron chi connectivity index (χ4n) is 3.20. The Hall–Kier alpha value is -2.38. The van der Waals surface area contributed by atoms with Gasteiger partial charge in [0.2, 0.25) is 0 Å². The molecule has 2 saturated carbocycles. The smallest absolute Gasteiger partial charge is 0.191 e. The molecule has 2 fully saturated rings. The monoisotopic (exact) mass is 534 g/mol. The fourth-order valence-corrected chi connectivity index (χ4v) is 3.66. The summed E-state index contributed by atoms with van der Waals surface area (Å²) in [6.45, 7) is 0.197. The van der Waals surface area contributed by atoms with Gasteiger partial charge < -0.3 is 25.4 Å². The molecule has 0 amide bonds. The molecule has 4 N–H and O–H groups in total. The normalized spacial score (nSPS) is 47.9. The number of hydrogen-bond donors (Lipinski definition) is 4. The Morgan fingerprint density at radius 3 is 2.97 bits per heavy atom. The van der Waals surface area contributed by atoms with Gasteiger partial charge in [0.15, 0.2) is 22.1 Å². The number of thioether (sulfide) groups is 1. The van der Waals surface area contributed by atoms with Gasteiger partial charge in [0.05, 0.1) is 34.9 Å². The van der Waals surface area contributed by atoms with Gasteiger partial charge in [-0.2, -0.15) is 0 Å². The number of hydrogen-bond acceptors (Lipinski definition) is 10. The summed E-state index contributed by atoms with van der Waals surface area (Å²) in [6.07, 6.45) is -21.0. The number of halogens is 1. The van der Waals surface area contributed by atoms with Gasteiger partial charge in [-0.1, -0.05) is 36.0 Å². The van der Waals surface area contributed by atoms with Crippen LogP contribution >= 0.6 is 11.8 Å². The van der Waals surface area contributed by atoms with E-state index in [1.54, 1.807) is 0 Å². The summed E-state index contributed by atoms with van der Waals surface area (Å²) in [5.41, 5.74) is -5.63. The van der Waals surface area contributed by atoms with Gasteiger partial charge in [0, 0.05) is 36.4 Å². The van der Waals surface area contributed by atoms with E-state index in [1.165, 1.54) is 0 Å². The molecular weight excluding hydrogens is 487 g/mol. The van der Waals surface area contributed by atoms with Gasteiger partial charge in [0.25, 0.3) is 0 Å². The second kappa shape index (κ2) is 10.5. The first-order valence-corrected chi connectivity index (χ1v) is 11.3. The molecular formula is C24H31FN6O4S. The quantitative estimate of drug-likeness (QED) is 0.226. The lowest BCUT2D eigenvalue weighted by Gasteiger charge is -2.17. The van der Waals surface area contributed by atoms with Crippen LogP contribution in [-0.2, 0) is 4.74 Å². The highest BCUT2D eigenvalue weighted by Crippen LogP contribution is 2.44. The van der Waals surface area contributed by atoms with E-state index in [-0.39, 0.29) is 16.4 Å². The van der Waals surface area contributed by atoms with E-state index in [0.29, 0.717) is 0 Å². The Labute approximate surface area is 234 Å². The van der Waals surface area contributed by atoms with Gasteiger partial charge in [0.1, 0.15) is 18.0 Å². The molecule has 6 atom stereocenters. The third-order valence-corrected chi connectivity index (χ3v) is 5.64. The van der Waals surface area contributed by atoms with Crippen molar-refractivity contribution < 1.29 is 46.4 Å². The van der Waals surface area contributed by atoms with Crippen LogP contribution in [0.25, 0.3) is 11.2 Å². The lowest BCUT2D eigenvalue weighted by atomic mass is 10.1. The second-order valence-corrected chi connectivity index (χ2v) is 8.15. The molecule has 36 heavy (non-hydrogen) atoms. The molecule has 0 radical (unpaired) electrons. The predicted octanol–water partition coefficient (Wildman–Crippen LogP) is 2.18. The zero-order chi connectivity index (χ0) is 39.8. The van der Waals surface area contributed by atoms with Crippen LogP contribution in [0, 0.1) is 12.7 Å². The predicted molar refractivity (Wildman–Crippen MR) is 133 cm³/mol. The first-order valence-electron chi connectivity index (χ1n) is 18.4. The molecule has 0 unspecified atom stereocenters. The number of aliphatic hydroxyl groups is 3. The summed E-state index contributed by atoms with van der Waals surface area (Å²) >= 11 is 0.0119. The average Bonchev–Trinajstić information content (AvgIpc) is 3.27. The first kappa shape index (κ1) is 12.4. The van der Waals surface area contributed by atoms with Gasteiger partial charge in [-0.15, -0.1) is 5.10 Å². The number of fused-ring (bicyclic) bond motifs is 1. The van der Waals surface area contributed by atoms with E-state index >= 15 is 0 Å². The van der Waals surface area contributed by atoms with Crippen LogP contribution in [0.4, 0.5) is 10.2 Å².